The molecule has 0 saturated heterocycles. The number of nitrogens with one attached hydrogen (secondary N) is 1. The molecule has 1 aromatic heterocycles. The third kappa shape index (κ3) is 6.45. The molecule has 7 nitrogen and oxygen atoms in total. The van der Waals surface area contributed by atoms with Crippen molar-refractivity contribution in [2.24, 2.45) is 5.10 Å². The summed E-state index contributed by atoms with van der Waals surface area (Å²) in [7, 11) is 1.61. The maximum Gasteiger partial charge on any atom is 0.250 e. The van der Waals surface area contributed by atoms with Crippen molar-refractivity contribution >= 4 is 39.8 Å². The second kappa shape index (κ2) is 11.0. The lowest BCUT2D eigenvalue weighted by Gasteiger charge is -2.19. The normalized spacial score (nSPS) is 11.7. The van der Waals surface area contributed by atoms with Gasteiger partial charge in [-0.3, -0.25) is 4.79 Å². The van der Waals surface area contributed by atoms with Crippen LogP contribution in [-0.4, -0.2) is 39.7 Å². The first kappa shape index (κ1) is 25.0. The monoisotopic (exact) mass is 529 g/mol. The number of methoxy groups -OCH3 is 1. The van der Waals surface area contributed by atoms with Gasteiger partial charge in [-0.05, 0) is 57.6 Å². The zero-order chi connectivity index (χ0) is 24.0. The third-order valence-corrected chi connectivity index (χ3v) is 6.54. The molecule has 0 bridgehead atoms. The molecule has 1 amide bonds. The van der Waals surface area contributed by atoms with Crippen LogP contribution in [0.15, 0.2) is 57.2 Å². The molecule has 0 spiro atoms. The number of thioether (sulfide) groups is 1. The van der Waals surface area contributed by atoms with Crippen LogP contribution >= 0.6 is 27.7 Å². The molecule has 0 atom stereocenters. The lowest BCUT2D eigenvalue weighted by molar-refractivity contribution is -0.118. The van der Waals surface area contributed by atoms with Crippen molar-refractivity contribution in [3.63, 3.8) is 0 Å². The van der Waals surface area contributed by atoms with Crippen molar-refractivity contribution in [2.45, 2.75) is 44.8 Å². The Bertz CT molecular complexity index is 1140. The first-order valence-electron chi connectivity index (χ1n) is 10.5. The molecule has 174 valence electrons. The average molecular weight is 530 g/mol. The van der Waals surface area contributed by atoms with Crippen LogP contribution < -0.4 is 10.2 Å². The molecule has 0 aliphatic rings. The summed E-state index contributed by atoms with van der Waals surface area (Å²) >= 11 is 4.77. The standard InChI is InChI=1S/C24H28BrN5O2S/c1-6-30-22(17-8-10-18(11-9-17)24(2,3)4)28-29-23(30)33-15-21(31)27-26-14-16-7-12-20(32-5)19(25)13-16/h7-14H,6,15H2,1-5H3,(H,27,31). The highest BCUT2D eigenvalue weighted by molar-refractivity contribution is 9.10. The summed E-state index contributed by atoms with van der Waals surface area (Å²) < 4.78 is 8.04. The summed E-state index contributed by atoms with van der Waals surface area (Å²) in [5, 5.41) is 13.4. The zero-order valence-electron chi connectivity index (χ0n) is 19.4. The molecule has 3 aromatic rings. The number of nitrogens with zero attached hydrogens (tertiary/aromatic N) is 4. The van der Waals surface area contributed by atoms with Crippen LogP contribution in [0.5, 0.6) is 5.75 Å². The fourth-order valence-corrected chi connectivity index (χ4v) is 4.47. The lowest BCUT2D eigenvalue weighted by atomic mass is 9.87. The number of rotatable bonds is 8. The van der Waals surface area contributed by atoms with Gasteiger partial charge in [-0.15, -0.1) is 10.2 Å². The van der Waals surface area contributed by atoms with Crippen LogP contribution in [0.3, 0.4) is 0 Å². The van der Waals surface area contributed by atoms with Crippen molar-refractivity contribution in [1.29, 1.82) is 0 Å². The van der Waals surface area contributed by atoms with E-state index < -0.39 is 0 Å². The van der Waals surface area contributed by atoms with Gasteiger partial charge in [-0.1, -0.05) is 56.8 Å². The quantitative estimate of drug-likeness (QED) is 0.244. The third-order valence-electron chi connectivity index (χ3n) is 4.95. The van der Waals surface area contributed by atoms with E-state index in [9.17, 15) is 4.79 Å². The van der Waals surface area contributed by atoms with Crippen LogP contribution in [0.2, 0.25) is 0 Å². The second-order valence-corrected chi connectivity index (χ2v) is 10.2. The van der Waals surface area contributed by atoms with Crippen LogP contribution in [0.25, 0.3) is 11.4 Å². The van der Waals surface area contributed by atoms with Gasteiger partial charge in [0.15, 0.2) is 11.0 Å². The van der Waals surface area contributed by atoms with Gasteiger partial charge >= 0.3 is 0 Å². The Labute approximate surface area is 207 Å². The van der Waals surface area contributed by atoms with Crippen LogP contribution in [0.4, 0.5) is 0 Å². The Morgan fingerprint density at radius 1 is 1.21 bits per heavy atom. The highest BCUT2D eigenvalue weighted by Crippen LogP contribution is 2.28. The number of hydrogen-bond donors (Lipinski definition) is 1. The van der Waals surface area contributed by atoms with Crippen molar-refractivity contribution < 1.29 is 9.53 Å². The van der Waals surface area contributed by atoms with Crippen LogP contribution in [0, 0.1) is 0 Å². The van der Waals surface area contributed by atoms with E-state index in [1.165, 1.54) is 17.3 Å². The topological polar surface area (TPSA) is 81.4 Å². The predicted molar refractivity (Wildman–Crippen MR) is 137 cm³/mol. The highest BCUT2D eigenvalue weighted by atomic mass is 79.9. The number of aromatic nitrogens is 3. The van der Waals surface area contributed by atoms with E-state index in [0.717, 1.165) is 27.2 Å². The van der Waals surface area contributed by atoms with Crippen molar-refractivity contribution in [3.05, 3.63) is 58.1 Å². The Hall–Kier alpha value is -2.65. The number of amides is 1. The molecule has 1 heterocycles. The maximum absolute atomic E-state index is 12.2. The van der Waals surface area contributed by atoms with Gasteiger partial charge in [0.2, 0.25) is 0 Å². The second-order valence-electron chi connectivity index (χ2n) is 8.35. The van der Waals surface area contributed by atoms with Gasteiger partial charge in [-0.25, -0.2) is 5.43 Å². The maximum atomic E-state index is 12.2. The van der Waals surface area contributed by atoms with E-state index in [-0.39, 0.29) is 17.1 Å². The SMILES string of the molecule is CCn1c(SCC(=O)NN=Cc2ccc(OC)c(Br)c2)nnc1-c1ccc(C(C)(C)C)cc1. The Morgan fingerprint density at radius 2 is 1.94 bits per heavy atom. The van der Waals surface area contributed by atoms with Gasteiger partial charge in [0.1, 0.15) is 5.75 Å². The summed E-state index contributed by atoms with van der Waals surface area (Å²) in [5.41, 5.74) is 5.75. The number of halogens is 1. The molecule has 0 fully saturated rings. The largest absolute Gasteiger partial charge is 0.496 e. The van der Waals surface area contributed by atoms with Crippen molar-refractivity contribution in [2.75, 3.05) is 12.9 Å². The minimum Gasteiger partial charge on any atom is -0.496 e. The molecule has 0 unspecified atom stereocenters. The number of ether oxygens (including phenoxy) is 1. The minimum absolute atomic E-state index is 0.0949. The first-order chi connectivity index (χ1) is 15.7. The number of hydrogen-bond acceptors (Lipinski definition) is 6. The van der Waals surface area contributed by atoms with Gasteiger partial charge < -0.3 is 9.30 Å². The predicted octanol–water partition coefficient (Wildman–Crippen LogP) is 5.28. The zero-order valence-corrected chi connectivity index (χ0v) is 21.8. The number of benzene rings is 2. The molecule has 0 radical (unpaired) electrons. The van der Waals surface area contributed by atoms with Gasteiger partial charge in [-0.2, -0.15) is 5.10 Å². The summed E-state index contributed by atoms with van der Waals surface area (Å²) in [6.45, 7) is 9.32. The fourth-order valence-electron chi connectivity index (χ4n) is 3.12. The van der Waals surface area contributed by atoms with E-state index >= 15 is 0 Å². The van der Waals surface area contributed by atoms with Crippen molar-refractivity contribution in [1.82, 2.24) is 20.2 Å². The van der Waals surface area contributed by atoms with E-state index in [1.807, 2.05) is 29.7 Å². The molecule has 0 saturated carbocycles. The Morgan fingerprint density at radius 3 is 2.55 bits per heavy atom. The van der Waals surface area contributed by atoms with Gasteiger partial charge in [0, 0.05) is 12.1 Å². The number of carbonyl (C=O) groups is 1. The summed E-state index contributed by atoms with van der Waals surface area (Å²) in [6, 6.07) is 14.0. The number of carbonyl (C=O) groups excluding carboxylic acids is 1. The van der Waals surface area contributed by atoms with Crippen LogP contribution in [0.1, 0.15) is 38.8 Å². The summed E-state index contributed by atoms with van der Waals surface area (Å²) in [4.78, 5) is 12.2. The minimum atomic E-state index is -0.217. The molecular formula is C24H28BrN5O2S. The molecule has 3 rings (SSSR count). The molecule has 0 aliphatic carbocycles. The van der Waals surface area contributed by atoms with E-state index in [2.05, 4.69) is 81.7 Å². The molecule has 33 heavy (non-hydrogen) atoms. The van der Waals surface area contributed by atoms with Gasteiger partial charge in [0.25, 0.3) is 5.91 Å². The van der Waals surface area contributed by atoms with E-state index in [0.29, 0.717) is 11.7 Å². The fraction of sp³-hybridized carbons (Fsp3) is 0.333. The molecule has 1 N–H and O–H groups in total. The van der Waals surface area contributed by atoms with E-state index in [1.54, 1.807) is 13.3 Å². The first-order valence-corrected chi connectivity index (χ1v) is 12.3. The van der Waals surface area contributed by atoms with Crippen molar-refractivity contribution in [3.8, 4) is 17.1 Å². The molecular weight excluding hydrogens is 502 g/mol. The lowest BCUT2D eigenvalue weighted by Crippen LogP contribution is -2.20. The Balaban J connectivity index is 1.60. The number of hydrazone groups is 1. The highest BCUT2D eigenvalue weighted by Gasteiger charge is 2.17. The Kier molecular flexibility index (Phi) is 8.31. The molecule has 9 heteroatoms. The molecule has 2 aromatic carbocycles. The van der Waals surface area contributed by atoms with Gasteiger partial charge in [0.05, 0.1) is 23.5 Å². The van der Waals surface area contributed by atoms with Crippen LogP contribution in [-0.2, 0) is 16.8 Å². The van der Waals surface area contributed by atoms with E-state index in [4.69, 9.17) is 4.74 Å². The summed E-state index contributed by atoms with van der Waals surface area (Å²) in [6.07, 6.45) is 1.58. The average Bonchev–Trinajstić information content (AvgIpc) is 3.20. The molecule has 0 aliphatic heterocycles. The smallest absolute Gasteiger partial charge is 0.250 e. The summed E-state index contributed by atoms with van der Waals surface area (Å²) in [5.74, 6) is 1.50.